The first kappa shape index (κ1) is 16.0. The molecule has 114 valence electrons. The Labute approximate surface area is 134 Å². The number of carbonyl (C=O) groups excluding carboxylic acids is 1. The van der Waals surface area contributed by atoms with E-state index in [1.54, 1.807) is 18.3 Å². The van der Waals surface area contributed by atoms with Crippen LogP contribution in [0.25, 0.3) is 0 Å². The van der Waals surface area contributed by atoms with Crippen LogP contribution < -0.4 is 10.2 Å². The van der Waals surface area contributed by atoms with Crippen molar-refractivity contribution in [2.75, 3.05) is 6.61 Å². The Bertz CT molecular complexity index is 637. The zero-order valence-corrected chi connectivity index (χ0v) is 13.0. The minimum Gasteiger partial charge on any atom is -0.484 e. The van der Waals surface area contributed by atoms with Gasteiger partial charge in [-0.2, -0.15) is 5.10 Å². The van der Waals surface area contributed by atoms with Gasteiger partial charge in [0.2, 0.25) is 0 Å². The van der Waals surface area contributed by atoms with Crippen LogP contribution in [0.5, 0.6) is 5.75 Å². The van der Waals surface area contributed by atoms with Crippen molar-refractivity contribution < 1.29 is 9.53 Å². The van der Waals surface area contributed by atoms with Crippen molar-refractivity contribution in [3.8, 4) is 5.75 Å². The number of amides is 1. The fraction of sp³-hybridized carbons (Fsp3) is 0.176. The topological polar surface area (TPSA) is 50.7 Å². The standard InChI is InChI=1S/C17H17ClN2O2/c1-2-13-5-9-16(10-6-13)22-12-17(21)20-19-11-14-3-7-15(18)8-4-14/h3-11H,2,12H2,1H3,(H,20,21). The summed E-state index contributed by atoms with van der Waals surface area (Å²) in [5, 5.41) is 4.52. The molecule has 1 amide bonds. The van der Waals surface area contributed by atoms with Crippen molar-refractivity contribution in [3.63, 3.8) is 0 Å². The third-order valence-corrected chi connectivity index (χ3v) is 3.23. The third-order valence-electron chi connectivity index (χ3n) is 2.97. The zero-order chi connectivity index (χ0) is 15.8. The highest BCUT2D eigenvalue weighted by atomic mass is 35.5. The molecule has 0 fully saturated rings. The van der Waals surface area contributed by atoms with Crippen LogP contribution in [0.2, 0.25) is 5.02 Å². The Morgan fingerprint density at radius 1 is 1.18 bits per heavy atom. The molecular formula is C17H17ClN2O2. The summed E-state index contributed by atoms with van der Waals surface area (Å²) in [7, 11) is 0. The third kappa shape index (κ3) is 5.22. The maximum absolute atomic E-state index is 11.6. The van der Waals surface area contributed by atoms with Crippen LogP contribution in [0.15, 0.2) is 53.6 Å². The number of ether oxygens (including phenoxy) is 1. The summed E-state index contributed by atoms with van der Waals surface area (Å²) in [6.45, 7) is 2.01. The summed E-state index contributed by atoms with van der Waals surface area (Å²) in [6.07, 6.45) is 2.52. The fourth-order valence-electron chi connectivity index (χ4n) is 1.73. The van der Waals surface area contributed by atoms with Crippen molar-refractivity contribution in [1.29, 1.82) is 0 Å². The molecule has 0 atom stereocenters. The van der Waals surface area contributed by atoms with Crippen molar-refractivity contribution in [2.24, 2.45) is 5.10 Å². The average molecular weight is 317 g/mol. The SMILES string of the molecule is CCc1ccc(OCC(=O)NN=Cc2ccc(Cl)cc2)cc1. The summed E-state index contributed by atoms with van der Waals surface area (Å²) in [6, 6.07) is 14.8. The highest BCUT2D eigenvalue weighted by Crippen LogP contribution is 2.12. The molecule has 0 bridgehead atoms. The minimum absolute atomic E-state index is 0.0799. The number of benzene rings is 2. The lowest BCUT2D eigenvalue weighted by atomic mass is 10.2. The molecule has 0 aliphatic carbocycles. The van der Waals surface area contributed by atoms with Gasteiger partial charge in [-0.3, -0.25) is 4.79 Å². The summed E-state index contributed by atoms with van der Waals surface area (Å²) < 4.78 is 5.38. The first-order chi connectivity index (χ1) is 10.7. The van der Waals surface area contributed by atoms with E-state index in [1.165, 1.54) is 5.56 Å². The van der Waals surface area contributed by atoms with E-state index >= 15 is 0 Å². The molecule has 0 unspecified atom stereocenters. The Morgan fingerprint density at radius 3 is 2.50 bits per heavy atom. The predicted molar refractivity (Wildman–Crippen MR) is 88.5 cm³/mol. The predicted octanol–water partition coefficient (Wildman–Crippen LogP) is 3.43. The molecule has 0 aromatic heterocycles. The van der Waals surface area contributed by atoms with Crippen molar-refractivity contribution >= 4 is 23.7 Å². The quantitative estimate of drug-likeness (QED) is 0.655. The van der Waals surface area contributed by atoms with Gasteiger partial charge >= 0.3 is 0 Å². The number of nitrogens with one attached hydrogen (secondary N) is 1. The molecule has 0 heterocycles. The van der Waals surface area contributed by atoms with Gasteiger partial charge in [-0.25, -0.2) is 5.43 Å². The van der Waals surface area contributed by atoms with Crippen LogP contribution in [0.4, 0.5) is 0 Å². The Hall–Kier alpha value is -2.33. The monoisotopic (exact) mass is 316 g/mol. The minimum atomic E-state index is -0.315. The smallest absolute Gasteiger partial charge is 0.277 e. The molecule has 0 saturated carbocycles. The van der Waals surface area contributed by atoms with E-state index in [1.807, 2.05) is 36.4 Å². The van der Waals surface area contributed by atoms with Gasteiger partial charge < -0.3 is 4.74 Å². The number of nitrogens with zero attached hydrogens (tertiary/aromatic N) is 1. The second-order valence-corrected chi connectivity index (χ2v) is 5.07. The Balaban J connectivity index is 1.76. The van der Waals surface area contributed by atoms with Gasteiger partial charge in [-0.1, -0.05) is 42.8 Å². The largest absolute Gasteiger partial charge is 0.484 e. The lowest BCUT2D eigenvalue weighted by Crippen LogP contribution is -2.24. The van der Waals surface area contributed by atoms with E-state index in [0.29, 0.717) is 10.8 Å². The number of hydrogen-bond acceptors (Lipinski definition) is 3. The van der Waals surface area contributed by atoms with E-state index in [2.05, 4.69) is 17.5 Å². The van der Waals surface area contributed by atoms with Crippen LogP contribution in [-0.4, -0.2) is 18.7 Å². The molecule has 4 nitrogen and oxygen atoms in total. The lowest BCUT2D eigenvalue weighted by molar-refractivity contribution is -0.123. The van der Waals surface area contributed by atoms with Crippen molar-refractivity contribution in [1.82, 2.24) is 5.43 Å². The molecule has 0 spiro atoms. The van der Waals surface area contributed by atoms with E-state index in [-0.39, 0.29) is 12.5 Å². The van der Waals surface area contributed by atoms with E-state index in [4.69, 9.17) is 16.3 Å². The van der Waals surface area contributed by atoms with E-state index in [9.17, 15) is 4.79 Å². The van der Waals surface area contributed by atoms with Gasteiger partial charge in [0.15, 0.2) is 6.61 Å². The number of halogens is 1. The lowest BCUT2D eigenvalue weighted by Gasteiger charge is -2.05. The van der Waals surface area contributed by atoms with Gasteiger partial charge in [-0.05, 0) is 41.8 Å². The van der Waals surface area contributed by atoms with Gasteiger partial charge in [0, 0.05) is 5.02 Å². The maximum atomic E-state index is 11.6. The molecule has 1 N–H and O–H groups in total. The number of carbonyl (C=O) groups is 1. The van der Waals surface area contributed by atoms with Crippen LogP contribution in [0, 0.1) is 0 Å². The van der Waals surface area contributed by atoms with Gasteiger partial charge in [0.05, 0.1) is 6.21 Å². The Morgan fingerprint density at radius 2 is 1.86 bits per heavy atom. The van der Waals surface area contributed by atoms with E-state index < -0.39 is 0 Å². The first-order valence-corrected chi connectivity index (χ1v) is 7.34. The molecule has 22 heavy (non-hydrogen) atoms. The second-order valence-electron chi connectivity index (χ2n) is 4.63. The van der Waals surface area contributed by atoms with Crippen molar-refractivity contribution in [2.45, 2.75) is 13.3 Å². The number of hydrogen-bond donors (Lipinski definition) is 1. The molecule has 0 saturated heterocycles. The highest BCUT2D eigenvalue weighted by Gasteiger charge is 2.01. The number of hydrazone groups is 1. The summed E-state index contributed by atoms with van der Waals surface area (Å²) in [5.41, 5.74) is 4.49. The van der Waals surface area contributed by atoms with Gasteiger partial charge in [0.25, 0.3) is 5.91 Å². The van der Waals surface area contributed by atoms with Gasteiger partial charge in [0.1, 0.15) is 5.75 Å². The molecule has 2 aromatic carbocycles. The molecule has 0 radical (unpaired) electrons. The summed E-state index contributed by atoms with van der Waals surface area (Å²) in [4.78, 5) is 11.6. The Kier molecular flexibility index (Phi) is 5.98. The normalized spacial score (nSPS) is 10.6. The van der Waals surface area contributed by atoms with E-state index in [0.717, 1.165) is 12.0 Å². The average Bonchev–Trinajstić information content (AvgIpc) is 2.55. The van der Waals surface area contributed by atoms with Crippen molar-refractivity contribution in [3.05, 3.63) is 64.7 Å². The number of rotatable bonds is 6. The van der Waals surface area contributed by atoms with Gasteiger partial charge in [-0.15, -0.1) is 0 Å². The van der Waals surface area contributed by atoms with Crippen LogP contribution >= 0.6 is 11.6 Å². The highest BCUT2D eigenvalue weighted by molar-refractivity contribution is 6.30. The van der Waals surface area contributed by atoms with Crippen LogP contribution in [0.3, 0.4) is 0 Å². The molecule has 2 rings (SSSR count). The summed E-state index contributed by atoms with van der Waals surface area (Å²) in [5.74, 6) is 0.346. The maximum Gasteiger partial charge on any atom is 0.277 e. The molecule has 2 aromatic rings. The molecule has 0 aliphatic heterocycles. The zero-order valence-electron chi connectivity index (χ0n) is 12.3. The number of aryl methyl sites for hydroxylation is 1. The first-order valence-electron chi connectivity index (χ1n) is 6.96. The molecule has 5 heteroatoms. The molecule has 0 aliphatic rings. The fourth-order valence-corrected chi connectivity index (χ4v) is 1.86. The molecular weight excluding hydrogens is 300 g/mol. The van der Waals surface area contributed by atoms with Crippen LogP contribution in [0.1, 0.15) is 18.1 Å². The second kappa shape index (κ2) is 8.20. The summed E-state index contributed by atoms with van der Waals surface area (Å²) >= 11 is 5.78. The van der Waals surface area contributed by atoms with Crippen LogP contribution in [-0.2, 0) is 11.2 Å².